The number of hydrogen-bond donors (Lipinski definition) is 1. The highest BCUT2D eigenvalue weighted by Gasteiger charge is 2.06. The van der Waals surface area contributed by atoms with Crippen molar-refractivity contribution >= 4 is 42.6 Å². The Hall–Kier alpha value is -1.47. The largest absolute Gasteiger partial charge is 0.354 e. The van der Waals surface area contributed by atoms with E-state index in [1.807, 2.05) is 16.7 Å². The van der Waals surface area contributed by atoms with Crippen molar-refractivity contribution in [3.63, 3.8) is 0 Å². The quantitative estimate of drug-likeness (QED) is 0.793. The second-order valence-corrected chi connectivity index (χ2v) is 5.96. The fourth-order valence-corrected chi connectivity index (χ4v) is 3.00. The number of fused-ring (bicyclic) bond motifs is 1. The molecule has 0 aliphatic heterocycles. The molecule has 19 heavy (non-hydrogen) atoms. The van der Waals surface area contributed by atoms with Gasteiger partial charge in [0.2, 0.25) is 0 Å². The smallest absolute Gasteiger partial charge is 0.184 e. The van der Waals surface area contributed by atoms with Crippen LogP contribution in [0.3, 0.4) is 0 Å². The summed E-state index contributed by atoms with van der Waals surface area (Å²) in [6, 6.07) is 6.11. The third-order valence-electron chi connectivity index (χ3n) is 2.78. The average molecular weight is 338 g/mol. The van der Waals surface area contributed by atoms with Gasteiger partial charge in [-0.3, -0.25) is 0 Å². The fourth-order valence-electron chi connectivity index (χ4n) is 1.81. The maximum atomic E-state index is 4.55. The third kappa shape index (κ3) is 2.62. The van der Waals surface area contributed by atoms with E-state index in [-0.39, 0.29) is 0 Å². The van der Waals surface area contributed by atoms with E-state index in [0.717, 1.165) is 27.5 Å². The van der Waals surface area contributed by atoms with E-state index >= 15 is 0 Å². The van der Waals surface area contributed by atoms with Crippen molar-refractivity contribution in [3.05, 3.63) is 34.8 Å². The number of aryl methyl sites for hydroxylation is 1. The molecule has 3 rings (SSSR count). The molecule has 98 valence electrons. The van der Waals surface area contributed by atoms with Crippen LogP contribution in [0.2, 0.25) is 0 Å². The maximum Gasteiger partial charge on any atom is 0.184 e. The zero-order valence-corrected chi connectivity index (χ0v) is 12.7. The van der Waals surface area contributed by atoms with Gasteiger partial charge in [-0.05, 0) is 25.1 Å². The lowest BCUT2D eigenvalue weighted by Gasteiger charge is -2.03. The Morgan fingerprint density at radius 3 is 3.16 bits per heavy atom. The van der Waals surface area contributed by atoms with E-state index in [2.05, 4.69) is 49.4 Å². The van der Waals surface area contributed by atoms with Gasteiger partial charge in [-0.25, -0.2) is 4.98 Å². The van der Waals surface area contributed by atoms with Crippen molar-refractivity contribution in [2.75, 3.05) is 5.32 Å². The molecule has 0 bridgehead atoms. The fraction of sp³-hybridized carbons (Fsp3) is 0.250. The number of nitrogens with zero attached hydrogens (tertiary/aromatic N) is 4. The molecule has 2 heterocycles. The van der Waals surface area contributed by atoms with Crippen LogP contribution < -0.4 is 5.32 Å². The topological polar surface area (TPSA) is 55.6 Å². The molecule has 0 spiro atoms. The molecule has 0 aliphatic rings. The summed E-state index contributed by atoms with van der Waals surface area (Å²) in [5.41, 5.74) is 0.999. The second kappa shape index (κ2) is 5.26. The molecule has 0 radical (unpaired) electrons. The van der Waals surface area contributed by atoms with Crippen LogP contribution in [0.15, 0.2) is 29.0 Å². The zero-order chi connectivity index (χ0) is 13.2. The van der Waals surface area contributed by atoms with Crippen LogP contribution in [-0.4, -0.2) is 19.7 Å². The minimum absolute atomic E-state index is 0.634. The van der Waals surface area contributed by atoms with Crippen molar-refractivity contribution < 1.29 is 0 Å². The summed E-state index contributed by atoms with van der Waals surface area (Å²) >= 11 is 5.09. The Labute approximate surface area is 122 Å². The zero-order valence-electron chi connectivity index (χ0n) is 10.3. The normalized spacial score (nSPS) is 11.1. The highest BCUT2D eigenvalue weighted by molar-refractivity contribution is 9.10. The first kappa shape index (κ1) is 12.6. The van der Waals surface area contributed by atoms with Crippen LogP contribution in [0.4, 0.5) is 5.13 Å². The van der Waals surface area contributed by atoms with Gasteiger partial charge in [0.15, 0.2) is 11.0 Å². The molecule has 5 nitrogen and oxygen atoms in total. The van der Waals surface area contributed by atoms with E-state index in [0.29, 0.717) is 6.54 Å². The lowest BCUT2D eigenvalue weighted by molar-refractivity contribution is 0.708. The number of aromatic nitrogens is 4. The average Bonchev–Trinajstić information content (AvgIpc) is 3.01. The SMILES string of the molecule is CCn1cnnc1CNc1nc2cc(Br)ccc2s1. The monoisotopic (exact) mass is 337 g/mol. The minimum atomic E-state index is 0.634. The Balaban J connectivity index is 1.78. The standard InChI is InChI=1S/C12H12BrN5S/c1-2-18-7-15-17-11(18)6-14-12-16-9-5-8(13)3-4-10(9)19-12/h3-5,7H,2,6H2,1H3,(H,14,16). The Morgan fingerprint density at radius 1 is 1.42 bits per heavy atom. The van der Waals surface area contributed by atoms with Gasteiger partial charge in [-0.1, -0.05) is 27.3 Å². The van der Waals surface area contributed by atoms with Crippen molar-refractivity contribution in [3.8, 4) is 0 Å². The number of benzene rings is 1. The van der Waals surface area contributed by atoms with Crippen LogP contribution in [0.1, 0.15) is 12.7 Å². The Kier molecular flexibility index (Phi) is 3.48. The molecule has 0 saturated heterocycles. The van der Waals surface area contributed by atoms with Gasteiger partial charge in [0.1, 0.15) is 6.33 Å². The molecular formula is C12H12BrN5S. The first-order valence-electron chi connectivity index (χ1n) is 5.93. The molecule has 0 saturated carbocycles. The Bertz CT molecular complexity index is 705. The molecule has 0 aliphatic carbocycles. The number of nitrogens with one attached hydrogen (secondary N) is 1. The van der Waals surface area contributed by atoms with E-state index in [1.54, 1.807) is 17.7 Å². The highest BCUT2D eigenvalue weighted by Crippen LogP contribution is 2.28. The number of thiazole rings is 1. The summed E-state index contributed by atoms with van der Waals surface area (Å²) in [6.07, 6.45) is 1.74. The van der Waals surface area contributed by atoms with Gasteiger partial charge < -0.3 is 9.88 Å². The summed E-state index contributed by atoms with van der Waals surface area (Å²) in [5.74, 6) is 0.919. The predicted octanol–water partition coefficient (Wildman–Crippen LogP) is 3.28. The van der Waals surface area contributed by atoms with E-state index in [4.69, 9.17) is 0 Å². The third-order valence-corrected chi connectivity index (χ3v) is 4.27. The van der Waals surface area contributed by atoms with Crippen molar-refractivity contribution in [2.24, 2.45) is 0 Å². The lowest BCUT2D eigenvalue weighted by atomic mass is 10.3. The second-order valence-electron chi connectivity index (χ2n) is 4.02. The highest BCUT2D eigenvalue weighted by atomic mass is 79.9. The molecule has 0 unspecified atom stereocenters. The van der Waals surface area contributed by atoms with Gasteiger partial charge >= 0.3 is 0 Å². The summed E-state index contributed by atoms with van der Waals surface area (Å²) < 4.78 is 4.22. The molecule has 0 atom stereocenters. The van der Waals surface area contributed by atoms with Gasteiger partial charge in [0.05, 0.1) is 16.8 Å². The van der Waals surface area contributed by atoms with Crippen molar-refractivity contribution in [2.45, 2.75) is 20.0 Å². The molecule has 0 amide bonds. The van der Waals surface area contributed by atoms with Gasteiger partial charge in [-0.15, -0.1) is 10.2 Å². The molecule has 0 fully saturated rings. The molecule has 7 heteroatoms. The number of rotatable bonds is 4. The van der Waals surface area contributed by atoms with Crippen molar-refractivity contribution in [1.82, 2.24) is 19.7 Å². The lowest BCUT2D eigenvalue weighted by Crippen LogP contribution is -2.07. The van der Waals surface area contributed by atoms with Crippen LogP contribution in [0.5, 0.6) is 0 Å². The first-order chi connectivity index (χ1) is 9.26. The van der Waals surface area contributed by atoms with Crippen LogP contribution in [0, 0.1) is 0 Å². The number of hydrogen-bond acceptors (Lipinski definition) is 5. The minimum Gasteiger partial charge on any atom is -0.354 e. The van der Waals surface area contributed by atoms with Crippen molar-refractivity contribution in [1.29, 1.82) is 0 Å². The van der Waals surface area contributed by atoms with E-state index < -0.39 is 0 Å². The van der Waals surface area contributed by atoms with Crippen LogP contribution in [-0.2, 0) is 13.1 Å². The summed E-state index contributed by atoms with van der Waals surface area (Å²) in [5, 5.41) is 12.2. The maximum absolute atomic E-state index is 4.55. The summed E-state index contributed by atoms with van der Waals surface area (Å²) in [6.45, 7) is 3.58. The van der Waals surface area contributed by atoms with Gasteiger partial charge in [0.25, 0.3) is 0 Å². The van der Waals surface area contributed by atoms with E-state index in [1.165, 1.54) is 4.70 Å². The predicted molar refractivity (Wildman–Crippen MR) is 80.3 cm³/mol. The first-order valence-corrected chi connectivity index (χ1v) is 7.54. The molecule has 2 aromatic heterocycles. The Morgan fingerprint density at radius 2 is 2.32 bits per heavy atom. The number of anilines is 1. The van der Waals surface area contributed by atoms with E-state index in [9.17, 15) is 0 Å². The van der Waals surface area contributed by atoms with Gasteiger partial charge in [-0.2, -0.15) is 0 Å². The van der Waals surface area contributed by atoms with Crippen LogP contribution in [0.25, 0.3) is 10.2 Å². The molecule has 1 N–H and O–H groups in total. The summed E-state index contributed by atoms with van der Waals surface area (Å²) in [7, 11) is 0. The molecule has 1 aromatic carbocycles. The summed E-state index contributed by atoms with van der Waals surface area (Å²) in [4.78, 5) is 4.55. The van der Waals surface area contributed by atoms with Crippen LogP contribution >= 0.6 is 27.3 Å². The van der Waals surface area contributed by atoms with Gasteiger partial charge in [0, 0.05) is 11.0 Å². The molecule has 3 aromatic rings. The molecular weight excluding hydrogens is 326 g/mol. The number of halogens is 1.